The second-order valence-corrected chi connectivity index (χ2v) is 5.97. The lowest BCUT2D eigenvalue weighted by molar-refractivity contribution is -0.384. The van der Waals surface area contributed by atoms with Crippen LogP contribution in [0.15, 0.2) is 47.1 Å². The summed E-state index contributed by atoms with van der Waals surface area (Å²) in [6.07, 6.45) is 1.49. The van der Waals surface area contributed by atoms with Crippen molar-refractivity contribution in [3.63, 3.8) is 0 Å². The molecule has 0 atom stereocenters. The van der Waals surface area contributed by atoms with Crippen molar-refractivity contribution in [1.82, 2.24) is 0 Å². The molecule has 0 unspecified atom stereocenters. The van der Waals surface area contributed by atoms with E-state index < -0.39 is 10.9 Å². The standard InChI is InChI=1S/C17H10Cl2N2O5/c1-25-15-5-2-9(6-12(15)19)7-13-17(22)26-16(20-13)10-3-4-11(18)14(8-10)21(23)24/h2-8H,1H3/b13-7-. The van der Waals surface area contributed by atoms with E-state index in [-0.39, 0.29) is 27.9 Å². The fourth-order valence-electron chi connectivity index (χ4n) is 2.25. The SMILES string of the molecule is COc1ccc(/C=C2\N=C(c3ccc(Cl)c([N+](=O)[O-])c3)OC2=O)cc1Cl. The Labute approximate surface area is 157 Å². The van der Waals surface area contributed by atoms with Crippen LogP contribution < -0.4 is 4.74 Å². The lowest BCUT2D eigenvalue weighted by atomic mass is 10.2. The molecule has 0 fully saturated rings. The monoisotopic (exact) mass is 392 g/mol. The van der Waals surface area contributed by atoms with Gasteiger partial charge in [0.25, 0.3) is 5.69 Å². The van der Waals surface area contributed by atoms with Crippen LogP contribution >= 0.6 is 23.2 Å². The third kappa shape index (κ3) is 3.54. The van der Waals surface area contributed by atoms with E-state index in [2.05, 4.69) is 4.99 Å². The van der Waals surface area contributed by atoms with Gasteiger partial charge >= 0.3 is 5.97 Å². The van der Waals surface area contributed by atoms with E-state index in [0.717, 1.165) is 0 Å². The molecule has 7 nitrogen and oxygen atoms in total. The number of ether oxygens (including phenoxy) is 2. The van der Waals surface area contributed by atoms with E-state index in [1.165, 1.54) is 31.4 Å². The smallest absolute Gasteiger partial charge is 0.363 e. The fraction of sp³-hybridized carbons (Fsp3) is 0.0588. The highest BCUT2D eigenvalue weighted by atomic mass is 35.5. The van der Waals surface area contributed by atoms with Gasteiger partial charge in [0.15, 0.2) is 5.70 Å². The lowest BCUT2D eigenvalue weighted by Crippen LogP contribution is -2.06. The molecule has 0 bridgehead atoms. The molecule has 0 aliphatic carbocycles. The van der Waals surface area contributed by atoms with Crippen molar-refractivity contribution in [2.75, 3.05) is 7.11 Å². The summed E-state index contributed by atoms with van der Waals surface area (Å²) in [5.74, 6) is -0.217. The summed E-state index contributed by atoms with van der Waals surface area (Å²) in [6, 6.07) is 8.99. The zero-order valence-electron chi connectivity index (χ0n) is 13.2. The van der Waals surface area contributed by atoms with E-state index in [4.69, 9.17) is 32.7 Å². The molecule has 9 heteroatoms. The van der Waals surface area contributed by atoms with Crippen molar-refractivity contribution in [3.8, 4) is 5.75 Å². The number of carbonyl (C=O) groups is 1. The van der Waals surface area contributed by atoms with Gasteiger partial charge in [-0.2, -0.15) is 0 Å². The molecule has 0 spiro atoms. The molecule has 1 aliphatic rings. The van der Waals surface area contributed by atoms with Crippen molar-refractivity contribution in [1.29, 1.82) is 0 Å². The number of carbonyl (C=O) groups excluding carboxylic acids is 1. The molecule has 0 N–H and O–H groups in total. The van der Waals surface area contributed by atoms with Gasteiger partial charge in [-0.05, 0) is 35.9 Å². The van der Waals surface area contributed by atoms with Gasteiger partial charge in [0.1, 0.15) is 10.8 Å². The van der Waals surface area contributed by atoms with Gasteiger partial charge < -0.3 is 9.47 Å². The van der Waals surface area contributed by atoms with Crippen LogP contribution in [0.1, 0.15) is 11.1 Å². The predicted octanol–water partition coefficient (Wildman–Crippen LogP) is 4.25. The maximum absolute atomic E-state index is 12.0. The highest BCUT2D eigenvalue weighted by Gasteiger charge is 2.26. The molecule has 1 heterocycles. The number of rotatable bonds is 4. The number of halogens is 2. The Morgan fingerprint density at radius 3 is 2.62 bits per heavy atom. The Bertz CT molecular complexity index is 985. The lowest BCUT2D eigenvalue weighted by Gasteiger charge is -2.03. The van der Waals surface area contributed by atoms with E-state index in [0.29, 0.717) is 16.3 Å². The number of nitrogens with zero attached hydrogens (tertiary/aromatic N) is 2. The molecule has 0 saturated carbocycles. The van der Waals surface area contributed by atoms with Crippen molar-refractivity contribution >= 4 is 46.8 Å². The molecule has 0 radical (unpaired) electrons. The zero-order chi connectivity index (χ0) is 18.8. The molecular weight excluding hydrogens is 383 g/mol. The third-order valence-corrected chi connectivity index (χ3v) is 4.10. The number of hydrogen-bond acceptors (Lipinski definition) is 6. The van der Waals surface area contributed by atoms with Crippen LogP contribution in [0.4, 0.5) is 5.69 Å². The Morgan fingerprint density at radius 1 is 1.19 bits per heavy atom. The van der Waals surface area contributed by atoms with Crippen LogP contribution in [0.3, 0.4) is 0 Å². The average Bonchev–Trinajstić information content (AvgIpc) is 2.96. The van der Waals surface area contributed by atoms with E-state index in [1.807, 2.05) is 0 Å². The molecule has 2 aromatic carbocycles. The Hall–Kier alpha value is -2.90. The minimum absolute atomic E-state index is 0.0210. The number of nitro groups is 1. The Kier molecular flexibility index (Phi) is 4.92. The topological polar surface area (TPSA) is 91.0 Å². The molecule has 3 rings (SSSR count). The summed E-state index contributed by atoms with van der Waals surface area (Å²) in [5.41, 5.74) is 0.626. The quantitative estimate of drug-likeness (QED) is 0.335. The van der Waals surface area contributed by atoms with Crippen LogP contribution in [0.2, 0.25) is 10.0 Å². The fourth-order valence-corrected chi connectivity index (χ4v) is 2.70. The highest BCUT2D eigenvalue weighted by molar-refractivity contribution is 6.33. The van der Waals surface area contributed by atoms with Crippen LogP contribution in [-0.2, 0) is 9.53 Å². The summed E-state index contributed by atoms with van der Waals surface area (Å²) >= 11 is 11.8. The number of cyclic esters (lactones) is 1. The van der Waals surface area contributed by atoms with Crippen molar-refractivity contribution in [2.45, 2.75) is 0 Å². The summed E-state index contributed by atoms with van der Waals surface area (Å²) in [5, 5.41) is 11.3. The van der Waals surface area contributed by atoms with Gasteiger partial charge in [0, 0.05) is 11.6 Å². The average molecular weight is 393 g/mol. The maximum atomic E-state index is 12.0. The number of benzene rings is 2. The van der Waals surface area contributed by atoms with Gasteiger partial charge in [-0.15, -0.1) is 0 Å². The summed E-state index contributed by atoms with van der Waals surface area (Å²) in [4.78, 5) is 26.5. The van der Waals surface area contributed by atoms with Gasteiger partial charge in [0.2, 0.25) is 5.90 Å². The molecule has 2 aromatic rings. The minimum Gasteiger partial charge on any atom is -0.495 e. The molecule has 26 heavy (non-hydrogen) atoms. The Balaban J connectivity index is 1.95. The molecule has 1 aliphatic heterocycles. The predicted molar refractivity (Wildman–Crippen MR) is 96.7 cm³/mol. The number of hydrogen-bond donors (Lipinski definition) is 0. The number of methoxy groups -OCH3 is 1. The number of aliphatic imine (C=N–C) groups is 1. The van der Waals surface area contributed by atoms with Crippen LogP contribution in [-0.4, -0.2) is 23.9 Å². The third-order valence-electron chi connectivity index (χ3n) is 3.49. The molecule has 0 saturated heterocycles. The van der Waals surface area contributed by atoms with E-state index in [1.54, 1.807) is 18.2 Å². The normalized spacial score (nSPS) is 15.0. The Morgan fingerprint density at radius 2 is 1.96 bits per heavy atom. The summed E-state index contributed by atoms with van der Waals surface area (Å²) in [6.45, 7) is 0. The first-order valence-electron chi connectivity index (χ1n) is 7.19. The second-order valence-electron chi connectivity index (χ2n) is 5.15. The van der Waals surface area contributed by atoms with Crippen LogP contribution in [0, 0.1) is 10.1 Å². The van der Waals surface area contributed by atoms with Crippen molar-refractivity contribution < 1.29 is 19.2 Å². The van der Waals surface area contributed by atoms with Crippen molar-refractivity contribution in [2.24, 2.45) is 4.99 Å². The van der Waals surface area contributed by atoms with Crippen LogP contribution in [0.5, 0.6) is 5.75 Å². The van der Waals surface area contributed by atoms with Crippen molar-refractivity contribution in [3.05, 3.63) is 73.4 Å². The maximum Gasteiger partial charge on any atom is 0.363 e. The van der Waals surface area contributed by atoms with Crippen LogP contribution in [0.25, 0.3) is 6.08 Å². The van der Waals surface area contributed by atoms with Gasteiger partial charge in [-0.3, -0.25) is 10.1 Å². The second kappa shape index (κ2) is 7.15. The molecular formula is C17H10Cl2N2O5. The number of nitro benzene ring substituents is 1. The van der Waals surface area contributed by atoms with Gasteiger partial charge in [-0.25, -0.2) is 9.79 Å². The molecule has 132 valence electrons. The first kappa shape index (κ1) is 17.9. The molecule has 0 amide bonds. The van der Waals surface area contributed by atoms with Gasteiger partial charge in [0.05, 0.1) is 17.1 Å². The minimum atomic E-state index is -0.676. The molecule has 0 aromatic heterocycles. The van der Waals surface area contributed by atoms with E-state index >= 15 is 0 Å². The summed E-state index contributed by atoms with van der Waals surface area (Å²) < 4.78 is 10.2. The zero-order valence-corrected chi connectivity index (χ0v) is 14.7. The number of esters is 1. The summed E-state index contributed by atoms with van der Waals surface area (Å²) in [7, 11) is 1.50. The van der Waals surface area contributed by atoms with Gasteiger partial charge in [-0.1, -0.05) is 29.3 Å². The first-order valence-corrected chi connectivity index (χ1v) is 7.95. The largest absolute Gasteiger partial charge is 0.495 e. The highest BCUT2D eigenvalue weighted by Crippen LogP contribution is 2.29. The first-order chi connectivity index (χ1) is 12.4. The van der Waals surface area contributed by atoms with E-state index in [9.17, 15) is 14.9 Å².